The van der Waals surface area contributed by atoms with Gasteiger partial charge in [-0.1, -0.05) is 18.2 Å². The summed E-state index contributed by atoms with van der Waals surface area (Å²) in [5.41, 5.74) is 1.52. The van der Waals surface area contributed by atoms with E-state index in [2.05, 4.69) is 4.98 Å². The van der Waals surface area contributed by atoms with Crippen molar-refractivity contribution >= 4 is 38.8 Å². The highest BCUT2D eigenvalue weighted by Gasteiger charge is 2.34. The van der Waals surface area contributed by atoms with Gasteiger partial charge in [0.2, 0.25) is 10.0 Å². The Hall–Kier alpha value is -1.58. The quantitative estimate of drug-likeness (QED) is 0.688. The minimum atomic E-state index is -3.50. The number of cyclic esters (lactones) is 1. The molecule has 2 fully saturated rings. The van der Waals surface area contributed by atoms with Gasteiger partial charge in [-0.3, -0.25) is 4.79 Å². The second kappa shape index (κ2) is 7.68. The smallest absolute Gasteiger partial charge is 0.319 e. The minimum Gasteiger partial charge on any atom is -0.462 e. The summed E-state index contributed by atoms with van der Waals surface area (Å²) in [5.74, 6) is -0.208. The molecule has 9 heteroatoms. The number of nitrogens with zero attached hydrogens (tertiary/aromatic N) is 3. The Morgan fingerprint density at radius 2 is 2.00 bits per heavy atom. The van der Waals surface area contributed by atoms with Crippen LogP contribution >= 0.6 is 11.8 Å². The van der Waals surface area contributed by atoms with E-state index in [1.54, 1.807) is 16.4 Å². The van der Waals surface area contributed by atoms with E-state index in [-0.39, 0.29) is 22.2 Å². The van der Waals surface area contributed by atoms with Gasteiger partial charge in [-0.15, -0.1) is 0 Å². The molecule has 3 heterocycles. The van der Waals surface area contributed by atoms with Crippen LogP contribution in [0.3, 0.4) is 0 Å². The summed E-state index contributed by atoms with van der Waals surface area (Å²) >= 11 is 1.40. The third kappa shape index (κ3) is 3.55. The summed E-state index contributed by atoms with van der Waals surface area (Å²) in [6.45, 7) is 5.74. The van der Waals surface area contributed by atoms with Gasteiger partial charge >= 0.3 is 5.97 Å². The molecule has 152 valence electrons. The van der Waals surface area contributed by atoms with Gasteiger partial charge < -0.3 is 9.30 Å². The number of aromatic nitrogens is 2. The summed E-state index contributed by atoms with van der Waals surface area (Å²) < 4.78 is 34.8. The Bertz CT molecular complexity index is 996. The number of carbonyl (C=O) groups is 1. The van der Waals surface area contributed by atoms with Gasteiger partial charge in [0.15, 0.2) is 5.16 Å². The molecule has 4 rings (SSSR count). The summed E-state index contributed by atoms with van der Waals surface area (Å²) in [6.07, 6.45) is 3.47. The van der Waals surface area contributed by atoms with Crippen LogP contribution in [-0.4, -0.2) is 52.7 Å². The SMILES string of the molecule is CCn1c(S[C@@H]2C[C@@H](C)OC2=O)nc2cc(S(=O)(=O)N3CCCCC3)ccc21. The number of sulfonamides is 1. The molecule has 2 saturated heterocycles. The first-order chi connectivity index (χ1) is 13.4. The largest absolute Gasteiger partial charge is 0.462 e. The van der Waals surface area contributed by atoms with Gasteiger partial charge in [-0.2, -0.15) is 4.31 Å². The van der Waals surface area contributed by atoms with Crippen LogP contribution in [0.4, 0.5) is 0 Å². The van der Waals surface area contributed by atoms with Crippen molar-refractivity contribution in [1.29, 1.82) is 0 Å². The van der Waals surface area contributed by atoms with E-state index in [0.717, 1.165) is 29.9 Å². The number of imidazole rings is 1. The number of ether oxygens (including phenoxy) is 1. The summed E-state index contributed by atoms with van der Waals surface area (Å²) in [4.78, 5) is 16.9. The zero-order valence-electron chi connectivity index (χ0n) is 16.1. The van der Waals surface area contributed by atoms with Gasteiger partial charge in [0, 0.05) is 26.1 Å². The van der Waals surface area contributed by atoms with Gasteiger partial charge in [0.1, 0.15) is 11.4 Å². The van der Waals surface area contributed by atoms with Crippen molar-refractivity contribution in [2.24, 2.45) is 0 Å². The molecule has 2 aliphatic rings. The number of benzene rings is 1. The highest BCUT2D eigenvalue weighted by Crippen LogP contribution is 2.34. The third-order valence-corrected chi connectivity index (χ3v) is 8.41. The predicted octanol–water partition coefficient (Wildman–Crippen LogP) is 3.03. The molecule has 0 spiro atoms. The van der Waals surface area contributed by atoms with Crippen molar-refractivity contribution in [2.45, 2.75) is 67.5 Å². The average molecular weight is 424 g/mol. The van der Waals surface area contributed by atoms with E-state index in [1.807, 2.05) is 24.5 Å². The van der Waals surface area contributed by atoms with Crippen LogP contribution in [0, 0.1) is 0 Å². The van der Waals surface area contributed by atoms with Crippen molar-refractivity contribution in [3.8, 4) is 0 Å². The van der Waals surface area contributed by atoms with E-state index in [4.69, 9.17) is 4.74 Å². The van der Waals surface area contributed by atoms with Crippen LogP contribution in [0.5, 0.6) is 0 Å². The molecule has 7 nitrogen and oxygen atoms in total. The van der Waals surface area contributed by atoms with Crippen LogP contribution in [0.2, 0.25) is 0 Å². The number of thioether (sulfide) groups is 1. The van der Waals surface area contributed by atoms with Crippen LogP contribution in [0.25, 0.3) is 11.0 Å². The summed E-state index contributed by atoms with van der Waals surface area (Å²) in [5, 5.41) is 0.453. The van der Waals surface area contributed by atoms with Crippen LogP contribution < -0.4 is 0 Å². The second-order valence-corrected chi connectivity index (χ2v) is 10.5. The molecule has 0 saturated carbocycles. The fraction of sp³-hybridized carbons (Fsp3) is 0.579. The maximum atomic E-state index is 13.0. The lowest BCUT2D eigenvalue weighted by atomic mass is 10.2. The number of aryl methyl sites for hydroxylation is 1. The Balaban J connectivity index is 1.67. The molecule has 0 unspecified atom stereocenters. The van der Waals surface area contributed by atoms with E-state index in [1.165, 1.54) is 11.8 Å². The van der Waals surface area contributed by atoms with Crippen molar-refractivity contribution in [3.63, 3.8) is 0 Å². The Morgan fingerprint density at radius 3 is 2.64 bits per heavy atom. The fourth-order valence-electron chi connectivity index (χ4n) is 3.84. The Morgan fingerprint density at radius 1 is 1.25 bits per heavy atom. The zero-order valence-corrected chi connectivity index (χ0v) is 17.8. The first-order valence-corrected chi connectivity index (χ1v) is 12.1. The first-order valence-electron chi connectivity index (χ1n) is 9.77. The highest BCUT2D eigenvalue weighted by atomic mass is 32.2. The number of hydrogen-bond donors (Lipinski definition) is 0. The third-order valence-electron chi connectivity index (χ3n) is 5.33. The molecular weight excluding hydrogens is 398 g/mol. The topological polar surface area (TPSA) is 81.5 Å². The van der Waals surface area contributed by atoms with Crippen molar-refractivity contribution < 1.29 is 17.9 Å². The lowest BCUT2D eigenvalue weighted by Crippen LogP contribution is -2.35. The lowest BCUT2D eigenvalue weighted by Gasteiger charge is -2.25. The van der Waals surface area contributed by atoms with Crippen molar-refractivity contribution in [2.75, 3.05) is 13.1 Å². The van der Waals surface area contributed by atoms with Crippen LogP contribution in [0.15, 0.2) is 28.3 Å². The number of rotatable bonds is 5. The fourth-order valence-corrected chi connectivity index (χ4v) is 6.66. The molecule has 1 aromatic heterocycles. The van der Waals surface area contributed by atoms with Crippen molar-refractivity contribution in [1.82, 2.24) is 13.9 Å². The molecule has 0 aliphatic carbocycles. The van der Waals surface area contributed by atoms with Crippen LogP contribution in [-0.2, 0) is 26.1 Å². The molecule has 2 aliphatic heterocycles. The number of hydrogen-bond acceptors (Lipinski definition) is 6. The van der Waals surface area contributed by atoms with Gasteiger partial charge in [0.25, 0.3) is 0 Å². The molecular formula is C19H25N3O4S2. The maximum Gasteiger partial charge on any atom is 0.319 e. The highest BCUT2D eigenvalue weighted by molar-refractivity contribution is 8.00. The summed E-state index contributed by atoms with van der Waals surface area (Å²) in [7, 11) is -3.50. The molecule has 0 N–H and O–H groups in total. The van der Waals surface area contributed by atoms with E-state index >= 15 is 0 Å². The maximum absolute atomic E-state index is 13.0. The number of piperidine rings is 1. The van der Waals surface area contributed by atoms with E-state index < -0.39 is 10.0 Å². The lowest BCUT2D eigenvalue weighted by molar-refractivity contribution is -0.140. The van der Waals surface area contributed by atoms with Gasteiger partial charge in [-0.25, -0.2) is 13.4 Å². The normalized spacial score (nSPS) is 24.0. The summed E-state index contributed by atoms with van der Waals surface area (Å²) in [6, 6.07) is 5.15. The van der Waals surface area contributed by atoms with Crippen molar-refractivity contribution in [3.05, 3.63) is 18.2 Å². The monoisotopic (exact) mass is 423 g/mol. The Kier molecular flexibility index (Phi) is 5.41. The minimum absolute atomic E-state index is 0.0780. The molecule has 0 amide bonds. The molecule has 2 atom stereocenters. The number of fused-ring (bicyclic) bond motifs is 1. The second-order valence-electron chi connectivity index (χ2n) is 7.34. The molecule has 0 bridgehead atoms. The Labute approximate surface area is 169 Å². The zero-order chi connectivity index (χ0) is 19.9. The van der Waals surface area contributed by atoms with E-state index in [9.17, 15) is 13.2 Å². The van der Waals surface area contributed by atoms with Gasteiger partial charge in [-0.05, 0) is 44.9 Å². The molecule has 28 heavy (non-hydrogen) atoms. The standard InChI is InChI=1S/C19H25N3O4S2/c1-3-22-16-8-7-14(28(24,25)21-9-5-4-6-10-21)12-15(16)20-19(22)27-17-11-13(2)26-18(17)23/h7-8,12-13,17H,3-6,9-11H2,1-2H3/t13-,17-/m1/s1. The van der Waals surface area contributed by atoms with Gasteiger partial charge in [0.05, 0.1) is 15.9 Å². The predicted molar refractivity (Wildman–Crippen MR) is 108 cm³/mol. The molecule has 1 aromatic carbocycles. The number of esters is 1. The first kappa shape index (κ1) is 19.7. The van der Waals surface area contributed by atoms with Crippen LogP contribution in [0.1, 0.15) is 39.5 Å². The molecule has 2 aromatic rings. The number of carbonyl (C=O) groups excluding carboxylic acids is 1. The van der Waals surface area contributed by atoms with E-state index in [0.29, 0.717) is 31.6 Å². The average Bonchev–Trinajstić information content (AvgIpc) is 3.20. The molecule has 0 radical (unpaired) electrons.